The summed E-state index contributed by atoms with van der Waals surface area (Å²) in [4.78, 5) is 21.9. The van der Waals surface area contributed by atoms with Crippen LogP contribution >= 0.6 is 11.6 Å². The van der Waals surface area contributed by atoms with E-state index in [4.69, 9.17) is 21.1 Å². The SMILES string of the molecule is CC1(C)CCCC[C@@H]1n1c(=O)n(Cc2cc(Cl)c3c(c2)OCCCO3)c2cnc3[nH]ccc3c21. The number of nitrogens with one attached hydrogen (secondary N) is 1. The lowest BCUT2D eigenvalue weighted by Gasteiger charge is -2.39. The molecule has 4 aromatic rings. The normalized spacial score (nSPS) is 20.0. The van der Waals surface area contributed by atoms with Gasteiger partial charge < -0.3 is 14.5 Å². The summed E-state index contributed by atoms with van der Waals surface area (Å²) in [5, 5.41) is 1.48. The topological polar surface area (TPSA) is 74.1 Å². The molecule has 0 saturated heterocycles. The highest BCUT2D eigenvalue weighted by atomic mass is 35.5. The van der Waals surface area contributed by atoms with Gasteiger partial charge in [0.15, 0.2) is 11.5 Å². The number of benzene rings is 1. The molecular formula is C26H29ClN4O3. The number of H-pyrrole nitrogens is 1. The molecule has 7 nitrogen and oxygen atoms in total. The Morgan fingerprint density at radius 1 is 1.21 bits per heavy atom. The van der Waals surface area contributed by atoms with Crippen LogP contribution < -0.4 is 15.2 Å². The van der Waals surface area contributed by atoms with Crippen LogP contribution in [0.3, 0.4) is 0 Å². The predicted molar refractivity (Wildman–Crippen MR) is 133 cm³/mol. The van der Waals surface area contributed by atoms with Gasteiger partial charge in [-0.05, 0) is 42.0 Å². The first-order chi connectivity index (χ1) is 16.4. The molecule has 0 radical (unpaired) electrons. The number of aromatic nitrogens is 4. The number of hydrogen-bond acceptors (Lipinski definition) is 4. The number of pyridine rings is 1. The molecule has 1 saturated carbocycles. The van der Waals surface area contributed by atoms with E-state index < -0.39 is 0 Å². The van der Waals surface area contributed by atoms with Crippen LogP contribution in [0.25, 0.3) is 22.1 Å². The third kappa shape index (κ3) is 3.40. The fourth-order valence-electron chi connectivity index (χ4n) is 5.72. The monoisotopic (exact) mass is 480 g/mol. The molecule has 1 N–H and O–H groups in total. The number of nitrogens with zero attached hydrogens (tertiary/aromatic N) is 3. The number of rotatable bonds is 3. The van der Waals surface area contributed by atoms with Crippen LogP contribution in [0.4, 0.5) is 0 Å². The molecule has 1 aliphatic carbocycles. The quantitative estimate of drug-likeness (QED) is 0.409. The van der Waals surface area contributed by atoms with E-state index in [9.17, 15) is 4.79 Å². The Bertz CT molecular complexity index is 1450. The molecular weight excluding hydrogens is 452 g/mol. The highest BCUT2D eigenvalue weighted by molar-refractivity contribution is 6.32. The van der Waals surface area contributed by atoms with Crippen LogP contribution in [0, 0.1) is 5.41 Å². The zero-order chi connectivity index (χ0) is 23.4. The highest BCUT2D eigenvalue weighted by Crippen LogP contribution is 2.45. The van der Waals surface area contributed by atoms with Gasteiger partial charge in [-0.1, -0.05) is 38.3 Å². The van der Waals surface area contributed by atoms with Gasteiger partial charge in [-0.25, -0.2) is 9.78 Å². The minimum Gasteiger partial charge on any atom is -0.489 e. The molecule has 3 aromatic heterocycles. The van der Waals surface area contributed by atoms with E-state index in [1.165, 1.54) is 6.42 Å². The van der Waals surface area contributed by atoms with Gasteiger partial charge >= 0.3 is 5.69 Å². The Balaban J connectivity index is 1.54. The van der Waals surface area contributed by atoms with E-state index in [1.807, 2.05) is 39.7 Å². The molecule has 1 fully saturated rings. The van der Waals surface area contributed by atoms with Crippen LogP contribution in [0.2, 0.25) is 5.02 Å². The van der Waals surface area contributed by atoms with E-state index >= 15 is 0 Å². The van der Waals surface area contributed by atoms with Gasteiger partial charge in [0.05, 0.1) is 42.0 Å². The van der Waals surface area contributed by atoms with Crippen molar-refractivity contribution in [1.29, 1.82) is 0 Å². The average molecular weight is 481 g/mol. The predicted octanol–water partition coefficient (Wildman–Crippen LogP) is 5.68. The van der Waals surface area contributed by atoms with E-state index in [0.717, 1.165) is 53.3 Å². The summed E-state index contributed by atoms with van der Waals surface area (Å²) in [6.45, 7) is 6.10. The second-order valence-corrected chi connectivity index (χ2v) is 10.6. The first-order valence-corrected chi connectivity index (χ1v) is 12.5. The zero-order valence-electron chi connectivity index (χ0n) is 19.6. The van der Waals surface area contributed by atoms with Crippen LogP contribution in [-0.2, 0) is 6.54 Å². The van der Waals surface area contributed by atoms with E-state index in [2.05, 4.69) is 23.8 Å². The third-order valence-corrected chi connectivity index (χ3v) is 7.75. The number of halogens is 1. The molecule has 1 aliphatic heterocycles. The first-order valence-electron chi connectivity index (χ1n) is 12.1. The highest BCUT2D eigenvalue weighted by Gasteiger charge is 2.36. The summed E-state index contributed by atoms with van der Waals surface area (Å²) in [7, 11) is 0. The van der Waals surface area contributed by atoms with Gasteiger partial charge in [-0.2, -0.15) is 0 Å². The van der Waals surface area contributed by atoms with Crippen LogP contribution in [0.15, 0.2) is 35.4 Å². The Morgan fingerprint density at radius 2 is 2.06 bits per heavy atom. The van der Waals surface area contributed by atoms with Crippen LogP contribution in [-0.4, -0.2) is 32.3 Å². The van der Waals surface area contributed by atoms with Gasteiger partial charge in [0.2, 0.25) is 0 Å². The molecule has 1 aromatic carbocycles. The second kappa shape index (κ2) is 8.08. The molecule has 4 heterocycles. The molecule has 1 atom stereocenters. The average Bonchev–Trinajstić information content (AvgIpc) is 3.28. The molecule has 8 heteroatoms. The Hall–Kier alpha value is -2.93. The maximum absolute atomic E-state index is 14.1. The van der Waals surface area contributed by atoms with Crippen molar-refractivity contribution in [1.82, 2.24) is 19.1 Å². The van der Waals surface area contributed by atoms with Crippen molar-refractivity contribution < 1.29 is 9.47 Å². The van der Waals surface area contributed by atoms with Crippen LogP contribution in [0.1, 0.15) is 57.6 Å². The first kappa shape index (κ1) is 21.6. The fourth-order valence-corrected chi connectivity index (χ4v) is 6.00. The van der Waals surface area contributed by atoms with Crippen LogP contribution in [0.5, 0.6) is 11.5 Å². The van der Waals surface area contributed by atoms with Gasteiger partial charge in [0.1, 0.15) is 5.65 Å². The number of fused-ring (bicyclic) bond motifs is 4. The lowest BCUT2D eigenvalue weighted by atomic mass is 9.73. The third-order valence-electron chi connectivity index (χ3n) is 7.47. The van der Waals surface area contributed by atoms with Gasteiger partial charge in [0, 0.05) is 24.0 Å². The number of imidazole rings is 1. The lowest BCUT2D eigenvalue weighted by Crippen LogP contribution is -2.37. The number of ether oxygens (including phenoxy) is 2. The minimum atomic E-state index is -0.00583. The van der Waals surface area contributed by atoms with Gasteiger partial charge in [-0.3, -0.25) is 9.13 Å². The summed E-state index contributed by atoms with van der Waals surface area (Å²) in [6, 6.07) is 5.96. The summed E-state index contributed by atoms with van der Waals surface area (Å²) in [6.07, 6.45) is 8.94. The van der Waals surface area contributed by atoms with Crippen molar-refractivity contribution in [3.05, 3.63) is 51.7 Å². The lowest BCUT2D eigenvalue weighted by molar-refractivity contribution is 0.144. The molecule has 178 valence electrons. The molecule has 0 unspecified atom stereocenters. The maximum Gasteiger partial charge on any atom is 0.329 e. The van der Waals surface area contributed by atoms with Crippen molar-refractivity contribution in [2.45, 2.75) is 58.5 Å². The van der Waals surface area contributed by atoms with Crippen molar-refractivity contribution in [3.8, 4) is 11.5 Å². The molecule has 6 rings (SSSR count). The minimum absolute atomic E-state index is 0.00583. The maximum atomic E-state index is 14.1. The summed E-state index contributed by atoms with van der Waals surface area (Å²) in [5.74, 6) is 1.22. The Labute approximate surface area is 202 Å². The zero-order valence-corrected chi connectivity index (χ0v) is 20.3. The summed E-state index contributed by atoms with van der Waals surface area (Å²) >= 11 is 6.56. The standard InChI is InChI=1S/C26H29ClN4O3/c1-26(2)8-4-3-6-21(26)31-22-17-7-9-28-24(17)29-14-19(22)30(25(31)32)15-16-12-18(27)23-20(13-16)33-10-5-11-34-23/h7,9,12-14,21H,3-6,8,10-11,15H2,1-2H3,(H,28,29)/t21-/m0/s1. The Kier molecular flexibility index (Phi) is 5.13. The summed E-state index contributed by atoms with van der Waals surface area (Å²) < 4.78 is 15.5. The number of aromatic amines is 1. The van der Waals surface area contributed by atoms with Crippen molar-refractivity contribution in [2.24, 2.45) is 5.41 Å². The van der Waals surface area contributed by atoms with Gasteiger partial charge in [-0.15, -0.1) is 0 Å². The molecule has 2 aliphatic rings. The molecule has 0 amide bonds. The second-order valence-electron chi connectivity index (χ2n) is 10.2. The molecule has 0 spiro atoms. The van der Waals surface area contributed by atoms with E-state index in [0.29, 0.717) is 36.3 Å². The molecule has 0 bridgehead atoms. The summed E-state index contributed by atoms with van der Waals surface area (Å²) in [5.41, 5.74) is 3.51. The number of hydrogen-bond donors (Lipinski definition) is 1. The van der Waals surface area contributed by atoms with Crippen molar-refractivity contribution in [2.75, 3.05) is 13.2 Å². The van der Waals surface area contributed by atoms with E-state index in [1.54, 1.807) is 0 Å². The smallest absolute Gasteiger partial charge is 0.329 e. The Morgan fingerprint density at radius 3 is 2.91 bits per heavy atom. The van der Waals surface area contributed by atoms with Crippen molar-refractivity contribution >= 4 is 33.7 Å². The van der Waals surface area contributed by atoms with Crippen molar-refractivity contribution in [3.63, 3.8) is 0 Å². The van der Waals surface area contributed by atoms with Gasteiger partial charge in [0.25, 0.3) is 0 Å². The largest absolute Gasteiger partial charge is 0.489 e. The fraction of sp³-hybridized carbons (Fsp3) is 0.462. The van der Waals surface area contributed by atoms with E-state index in [-0.39, 0.29) is 17.1 Å². The molecule has 34 heavy (non-hydrogen) atoms.